The third kappa shape index (κ3) is 2.28. The molecule has 0 aliphatic carbocycles. The van der Waals surface area contributed by atoms with E-state index in [1.807, 2.05) is 0 Å². The lowest BCUT2D eigenvalue weighted by atomic mass is 10.2. The quantitative estimate of drug-likeness (QED) is 0.513. The topological polar surface area (TPSA) is 46.9 Å². The smallest absolute Gasteiger partial charge is 0.274 e. The second-order valence-corrected chi connectivity index (χ2v) is 4.53. The SMILES string of the molecule is Cn1nccc1C(=O)Nc1c(F)c(F)c(Br)c(F)c1F. The van der Waals surface area contributed by atoms with Crippen molar-refractivity contribution in [3.8, 4) is 0 Å². The highest BCUT2D eigenvalue weighted by atomic mass is 79.9. The summed E-state index contributed by atoms with van der Waals surface area (Å²) >= 11 is 2.37. The van der Waals surface area contributed by atoms with E-state index in [1.54, 1.807) is 5.32 Å². The maximum absolute atomic E-state index is 13.6. The molecule has 1 aromatic carbocycles. The van der Waals surface area contributed by atoms with Gasteiger partial charge in [-0.15, -0.1) is 0 Å². The van der Waals surface area contributed by atoms with Crippen LogP contribution in [0.1, 0.15) is 10.5 Å². The van der Waals surface area contributed by atoms with Gasteiger partial charge in [-0.05, 0) is 22.0 Å². The van der Waals surface area contributed by atoms with Crippen LogP contribution in [0.2, 0.25) is 0 Å². The number of benzene rings is 1. The minimum Gasteiger partial charge on any atom is -0.316 e. The summed E-state index contributed by atoms with van der Waals surface area (Å²) in [6.45, 7) is 0. The fraction of sp³-hybridized carbons (Fsp3) is 0.0909. The Hall–Kier alpha value is -1.90. The van der Waals surface area contributed by atoms with Crippen molar-refractivity contribution in [1.82, 2.24) is 9.78 Å². The first-order chi connectivity index (χ1) is 9.34. The number of amides is 1. The summed E-state index contributed by atoms with van der Waals surface area (Å²) < 4.78 is 53.9. The van der Waals surface area contributed by atoms with Crippen LogP contribution < -0.4 is 5.32 Å². The van der Waals surface area contributed by atoms with Crippen LogP contribution in [0.15, 0.2) is 16.7 Å². The maximum Gasteiger partial charge on any atom is 0.274 e. The molecule has 1 amide bonds. The van der Waals surface area contributed by atoms with Crippen LogP contribution >= 0.6 is 15.9 Å². The van der Waals surface area contributed by atoms with Crippen LogP contribution in [0.5, 0.6) is 0 Å². The molecule has 0 aliphatic heterocycles. The molecule has 2 aromatic rings. The third-order valence-electron chi connectivity index (χ3n) is 2.50. The molecule has 1 heterocycles. The molecule has 106 valence electrons. The molecule has 0 bridgehead atoms. The van der Waals surface area contributed by atoms with Crippen LogP contribution in [0.3, 0.4) is 0 Å². The summed E-state index contributed by atoms with van der Waals surface area (Å²) in [6, 6.07) is 1.27. The molecule has 0 aliphatic rings. The molecular weight excluding hydrogens is 346 g/mol. The van der Waals surface area contributed by atoms with Gasteiger partial charge in [-0.2, -0.15) is 5.10 Å². The maximum atomic E-state index is 13.6. The normalized spacial score (nSPS) is 10.7. The lowest BCUT2D eigenvalue weighted by Crippen LogP contribution is -2.19. The van der Waals surface area contributed by atoms with Crippen molar-refractivity contribution < 1.29 is 22.4 Å². The minimum absolute atomic E-state index is 0.0347. The van der Waals surface area contributed by atoms with Crippen molar-refractivity contribution in [1.29, 1.82) is 0 Å². The standard InChI is InChI=1S/C11H6BrF4N3O/c1-19-4(2-3-17-19)11(20)18-10-8(15)6(13)5(12)7(14)9(10)16/h2-3H,1H3,(H,18,20). The van der Waals surface area contributed by atoms with Gasteiger partial charge in [0.2, 0.25) is 0 Å². The first-order valence-electron chi connectivity index (χ1n) is 5.15. The molecule has 0 unspecified atom stereocenters. The summed E-state index contributed by atoms with van der Waals surface area (Å²) in [5.74, 6) is -7.63. The van der Waals surface area contributed by atoms with E-state index in [9.17, 15) is 22.4 Å². The fourth-order valence-electron chi connectivity index (χ4n) is 1.49. The van der Waals surface area contributed by atoms with Gasteiger partial charge in [-0.1, -0.05) is 0 Å². The molecule has 0 fully saturated rings. The van der Waals surface area contributed by atoms with Gasteiger partial charge < -0.3 is 5.32 Å². The Morgan fingerprint density at radius 2 is 1.75 bits per heavy atom. The molecule has 0 radical (unpaired) electrons. The van der Waals surface area contributed by atoms with Crippen LogP contribution in [0.4, 0.5) is 23.2 Å². The number of halogens is 5. The number of aryl methyl sites for hydroxylation is 1. The van der Waals surface area contributed by atoms with E-state index in [4.69, 9.17) is 0 Å². The molecule has 9 heteroatoms. The number of hydrogen-bond donors (Lipinski definition) is 1. The van der Waals surface area contributed by atoms with E-state index in [1.165, 1.54) is 19.3 Å². The molecular formula is C11H6BrF4N3O. The highest BCUT2D eigenvalue weighted by Crippen LogP contribution is 2.31. The number of anilines is 1. The van der Waals surface area contributed by atoms with Gasteiger partial charge in [-0.3, -0.25) is 9.48 Å². The first kappa shape index (κ1) is 14.5. The van der Waals surface area contributed by atoms with E-state index in [2.05, 4.69) is 21.0 Å². The molecule has 1 aromatic heterocycles. The lowest BCUT2D eigenvalue weighted by molar-refractivity contribution is 0.101. The molecule has 1 N–H and O–H groups in total. The van der Waals surface area contributed by atoms with E-state index in [0.717, 1.165) is 4.68 Å². The van der Waals surface area contributed by atoms with E-state index in [-0.39, 0.29) is 5.69 Å². The summed E-state index contributed by atoms with van der Waals surface area (Å²) in [7, 11) is 1.42. The van der Waals surface area contributed by atoms with Gasteiger partial charge in [0, 0.05) is 13.2 Å². The molecule has 0 spiro atoms. The van der Waals surface area contributed by atoms with E-state index in [0.29, 0.717) is 0 Å². The highest BCUT2D eigenvalue weighted by Gasteiger charge is 2.26. The molecule has 0 saturated heterocycles. The number of hydrogen-bond acceptors (Lipinski definition) is 2. The van der Waals surface area contributed by atoms with Crippen LogP contribution in [0.25, 0.3) is 0 Å². The zero-order valence-electron chi connectivity index (χ0n) is 9.85. The van der Waals surface area contributed by atoms with Gasteiger partial charge in [0.05, 0.1) is 4.47 Å². The van der Waals surface area contributed by atoms with Crippen molar-refractivity contribution in [2.45, 2.75) is 0 Å². The Kier molecular flexibility index (Phi) is 3.80. The highest BCUT2D eigenvalue weighted by molar-refractivity contribution is 9.10. The predicted molar refractivity (Wildman–Crippen MR) is 65.1 cm³/mol. The Morgan fingerprint density at radius 3 is 2.20 bits per heavy atom. The zero-order valence-corrected chi connectivity index (χ0v) is 11.4. The van der Waals surface area contributed by atoms with E-state index >= 15 is 0 Å². The Balaban J connectivity index is 2.45. The lowest BCUT2D eigenvalue weighted by Gasteiger charge is -2.10. The predicted octanol–water partition coefficient (Wildman–Crippen LogP) is 2.99. The van der Waals surface area contributed by atoms with Gasteiger partial charge in [0.1, 0.15) is 11.4 Å². The summed E-state index contributed by atoms with van der Waals surface area (Å²) in [4.78, 5) is 11.7. The first-order valence-corrected chi connectivity index (χ1v) is 5.94. The molecule has 0 atom stereocenters. The van der Waals surface area contributed by atoms with Crippen molar-refractivity contribution in [2.24, 2.45) is 7.05 Å². The largest absolute Gasteiger partial charge is 0.316 e. The average molecular weight is 352 g/mol. The Bertz CT molecular complexity index is 672. The average Bonchev–Trinajstić information content (AvgIpc) is 2.85. The van der Waals surface area contributed by atoms with Crippen molar-refractivity contribution in [3.63, 3.8) is 0 Å². The van der Waals surface area contributed by atoms with Gasteiger partial charge in [0.25, 0.3) is 5.91 Å². The van der Waals surface area contributed by atoms with Gasteiger partial charge in [-0.25, -0.2) is 17.6 Å². The monoisotopic (exact) mass is 351 g/mol. The Morgan fingerprint density at radius 1 is 1.20 bits per heavy atom. The number of rotatable bonds is 2. The second kappa shape index (κ2) is 5.23. The number of carbonyl (C=O) groups is 1. The minimum atomic E-state index is -1.70. The van der Waals surface area contributed by atoms with Gasteiger partial charge >= 0.3 is 0 Å². The van der Waals surface area contributed by atoms with Crippen LogP contribution in [0, 0.1) is 23.3 Å². The van der Waals surface area contributed by atoms with Gasteiger partial charge in [0.15, 0.2) is 23.3 Å². The number of carbonyl (C=O) groups excluding carboxylic acids is 1. The zero-order chi connectivity index (χ0) is 15.0. The second-order valence-electron chi connectivity index (χ2n) is 3.74. The summed E-state index contributed by atoms with van der Waals surface area (Å²) in [6.07, 6.45) is 1.28. The van der Waals surface area contributed by atoms with Crippen molar-refractivity contribution in [3.05, 3.63) is 45.7 Å². The van der Waals surface area contributed by atoms with Crippen molar-refractivity contribution in [2.75, 3.05) is 5.32 Å². The number of nitrogens with one attached hydrogen (secondary N) is 1. The van der Waals surface area contributed by atoms with Crippen LogP contribution in [-0.4, -0.2) is 15.7 Å². The van der Waals surface area contributed by atoms with E-state index < -0.39 is 39.3 Å². The third-order valence-corrected chi connectivity index (χ3v) is 3.20. The molecule has 2 rings (SSSR count). The number of aromatic nitrogens is 2. The fourth-order valence-corrected chi connectivity index (χ4v) is 1.84. The summed E-state index contributed by atoms with van der Waals surface area (Å²) in [5.41, 5.74) is -1.23. The molecule has 0 saturated carbocycles. The van der Waals surface area contributed by atoms with Crippen molar-refractivity contribution >= 4 is 27.5 Å². The summed E-state index contributed by atoms with van der Waals surface area (Å²) in [5, 5.41) is 5.47. The molecule has 4 nitrogen and oxygen atoms in total. The molecule has 20 heavy (non-hydrogen) atoms. The van der Waals surface area contributed by atoms with Crippen LogP contribution in [-0.2, 0) is 7.05 Å². The number of nitrogens with zero attached hydrogens (tertiary/aromatic N) is 2. The Labute approximate surface area is 118 Å².